The molecule has 132 valence electrons. The van der Waals surface area contributed by atoms with Gasteiger partial charge in [-0.1, -0.05) is 86.8 Å². The van der Waals surface area contributed by atoms with Crippen LogP contribution in [0, 0.1) is 5.92 Å². The number of hydrogen-bond acceptors (Lipinski definition) is 2. The van der Waals surface area contributed by atoms with Crippen molar-refractivity contribution in [3.63, 3.8) is 0 Å². The number of benzene rings is 2. The van der Waals surface area contributed by atoms with Gasteiger partial charge in [0.1, 0.15) is 0 Å². The molecule has 4 rings (SSSR count). The minimum atomic E-state index is 0.111. The summed E-state index contributed by atoms with van der Waals surface area (Å²) in [5.74, 6) is 0.867. The highest BCUT2D eigenvalue weighted by Crippen LogP contribution is 2.45. The standard InChI is InChI=1S/C23H30N2/c1-2-3-10-18-15-16-23(17-18)24-21(19-11-6-4-7-12-19)22(25-23)20-13-8-5-9-14-20/h4-9,11-14,18,21-22,24-25H,2-3,10,15-17H2,1H3/t18-,21-,22-/m1/s1. The zero-order valence-electron chi connectivity index (χ0n) is 15.2. The molecule has 2 heteroatoms. The SMILES string of the molecule is CCCC[C@@H]1CCC2(C1)N[C@H](c1ccccc1)[C@@H](c1ccccc1)N2. The quantitative estimate of drug-likeness (QED) is 0.770. The normalized spacial score (nSPS) is 27.8. The Kier molecular flexibility index (Phi) is 4.91. The van der Waals surface area contributed by atoms with E-state index in [4.69, 9.17) is 0 Å². The lowest BCUT2D eigenvalue weighted by Crippen LogP contribution is -2.47. The lowest BCUT2D eigenvalue weighted by Gasteiger charge is -2.26. The van der Waals surface area contributed by atoms with E-state index < -0.39 is 0 Å². The van der Waals surface area contributed by atoms with Crippen LogP contribution < -0.4 is 10.6 Å². The first-order valence-electron chi connectivity index (χ1n) is 9.95. The van der Waals surface area contributed by atoms with Gasteiger partial charge in [0.25, 0.3) is 0 Å². The van der Waals surface area contributed by atoms with E-state index in [-0.39, 0.29) is 5.66 Å². The number of nitrogens with one attached hydrogen (secondary N) is 2. The summed E-state index contributed by atoms with van der Waals surface area (Å²) >= 11 is 0. The van der Waals surface area contributed by atoms with E-state index >= 15 is 0 Å². The Morgan fingerprint density at radius 1 is 0.880 bits per heavy atom. The van der Waals surface area contributed by atoms with E-state index in [2.05, 4.69) is 78.2 Å². The van der Waals surface area contributed by atoms with Gasteiger partial charge in [0.15, 0.2) is 0 Å². The molecule has 2 aliphatic rings. The molecule has 0 bridgehead atoms. The summed E-state index contributed by atoms with van der Waals surface area (Å²) in [6.07, 6.45) is 7.92. The first-order chi connectivity index (χ1) is 12.3. The van der Waals surface area contributed by atoms with Crippen molar-refractivity contribution in [2.24, 2.45) is 5.92 Å². The molecule has 3 atom stereocenters. The molecule has 1 spiro atoms. The highest BCUT2D eigenvalue weighted by molar-refractivity contribution is 5.31. The minimum Gasteiger partial charge on any atom is -0.290 e. The average molecular weight is 335 g/mol. The molecule has 2 fully saturated rings. The molecule has 2 aromatic carbocycles. The summed E-state index contributed by atoms with van der Waals surface area (Å²) in [5, 5.41) is 8.05. The van der Waals surface area contributed by atoms with Gasteiger partial charge in [0.05, 0.1) is 17.7 Å². The van der Waals surface area contributed by atoms with Gasteiger partial charge in [0, 0.05) is 0 Å². The van der Waals surface area contributed by atoms with E-state index in [0.717, 1.165) is 5.92 Å². The Morgan fingerprint density at radius 2 is 1.44 bits per heavy atom. The smallest absolute Gasteiger partial charge is 0.0700 e. The molecule has 1 heterocycles. The molecular formula is C23H30N2. The fourth-order valence-electron chi connectivity index (χ4n) is 4.82. The van der Waals surface area contributed by atoms with E-state index in [9.17, 15) is 0 Å². The highest BCUT2D eigenvalue weighted by atomic mass is 15.3. The molecule has 0 amide bonds. The Bertz CT molecular complexity index is 620. The first-order valence-corrected chi connectivity index (χ1v) is 9.95. The van der Waals surface area contributed by atoms with E-state index in [0.29, 0.717) is 12.1 Å². The van der Waals surface area contributed by atoms with Gasteiger partial charge < -0.3 is 0 Å². The maximum absolute atomic E-state index is 4.03. The second-order valence-corrected chi connectivity index (χ2v) is 7.90. The maximum atomic E-state index is 4.03. The number of hydrogen-bond donors (Lipinski definition) is 2. The zero-order chi connectivity index (χ0) is 17.1. The largest absolute Gasteiger partial charge is 0.290 e. The lowest BCUT2D eigenvalue weighted by atomic mass is 9.95. The fraction of sp³-hybridized carbons (Fsp3) is 0.478. The van der Waals surface area contributed by atoms with Crippen molar-refractivity contribution in [3.05, 3.63) is 71.8 Å². The Morgan fingerprint density at radius 3 is 1.96 bits per heavy atom. The molecule has 0 radical (unpaired) electrons. The summed E-state index contributed by atoms with van der Waals surface area (Å²) in [4.78, 5) is 0. The zero-order valence-corrected chi connectivity index (χ0v) is 15.2. The van der Waals surface area contributed by atoms with Gasteiger partial charge in [-0.25, -0.2) is 0 Å². The third-order valence-electron chi connectivity index (χ3n) is 6.10. The summed E-state index contributed by atoms with van der Waals surface area (Å²) in [6, 6.07) is 22.6. The average Bonchev–Trinajstić information content (AvgIpc) is 3.25. The van der Waals surface area contributed by atoms with Crippen molar-refractivity contribution >= 4 is 0 Å². The van der Waals surface area contributed by atoms with Crippen LogP contribution >= 0.6 is 0 Å². The Hall–Kier alpha value is -1.64. The van der Waals surface area contributed by atoms with Crippen LogP contribution in [0.2, 0.25) is 0 Å². The molecule has 2 nitrogen and oxygen atoms in total. The maximum Gasteiger partial charge on any atom is 0.0700 e. The molecule has 1 aliphatic carbocycles. The van der Waals surface area contributed by atoms with E-state index in [1.54, 1.807) is 0 Å². The van der Waals surface area contributed by atoms with Crippen molar-refractivity contribution in [1.82, 2.24) is 10.6 Å². The third-order valence-corrected chi connectivity index (χ3v) is 6.10. The summed E-state index contributed by atoms with van der Waals surface area (Å²) in [7, 11) is 0. The van der Waals surface area contributed by atoms with Crippen molar-refractivity contribution in [3.8, 4) is 0 Å². The topological polar surface area (TPSA) is 24.1 Å². The van der Waals surface area contributed by atoms with Crippen LogP contribution in [0.5, 0.6) is 0 Å². The molecule has 1 aliphatic heterocycles. The summed E-state index contributed by atoms with van der Waals surface area (Å²) < 4.78 is 0. The summed E-state index contributed by atoms with van der Waals surface area (Å²) in [5.41, 5.74) is 2.88. The molecule has 1 saturated carbocycles. The van der Waals surface area contributed by atoms with Gasteiger partial charge in [-0.05, 0) is 36.3 Å². The van der Waals surface area contributed by atoms with Gasteiger partial charge in [-0.15, -0.1) is 0 Å². The van der Waals surface area contributed by atoms with E-state index in [1.807, 2.05) is 0 Å². The molecule has 0 unspecified atom stereocenters. The first kappa shape index (κ1) is 16.8. The molecule has 1 saturated heterocycles. The Labute approximate surface area is 152 Å². The summed E-state index contributed by atoms with van der Waals surface area (Å²) in [6.45, 7) is 2.30. The highest BCUT2D eigenvalue weighted by Gasteiger charge is 2.48. The molecule has 2 aromatic rings. The predicted octanol–water partition coefficient (Wildman–Crippen LogP) is 5.35. The minimum absolute atomic E-state index is 0.111. The number of unbranched alkanes of at least 4 members (excludes halogenated alkanes) is 1. The van der Waals surface area contributed by atoms with Gasteiger partial charge >= 0.3 is 0 Å². The third kappa shape index (κ3) is 3.51. The van der Waals surface area contributed by atoms with Crippen LogP contribution in [-0.2, 0) is 0 Å². The number of rotatable bonds is 5. The fourth-order valence-corrected chi connectivity index (χ4v) is 4.82. The van der Waals surface area contributed by atoms with Gasteiger partial charge in [0.2, 0.25) is 0 Å². The molecule has 0 aromatic heterocycles. The monoisotopic (exact) mass is 334 g/mol. The van der Waals surface area contributed by atoms with Crippen molar-refractivity contribution in [2.45, 2.75) is 63.2 Å². The van der Waals surface area contributed by atoms with Crippen LogP contribution in [0.4, 0.5) is 0 Å². The van der Waals surface area contributed by atoms with Gasteiger partial charge in [-0.2, -0.15) is 0 Å². The Balaban J connectivity index is 1.59. The van der Waals surface area contributed by atoms with E-state index in [1.165, 1.54) is 49.7 Å². The van der Waals surface area contributed by atoms with Crippen LogP contribution in [0.15, 0.2) is 60.7 Å². The van der Waals surface area contributed by atoms with Crippen LogP contribution in [0.1, 0.15) is 68.7 Å². The second-order valence-electron chi connectivity index (χ2n) is 7.90. The second kappa shape index (κ2) is 7.31. The molecule has 25 heavy (non-hydrogen) atoms. The van der Waals surface area contributed by atoms with Crippen LogP contribution in [-0.4, -0.2) is 5.66 Å². The lowest BCUT2D eigenvalue weighted by molar-refractivity contribution is 0.308. The van der Waals surface area contributed by atoms with Crippen molar-refractivity contribution < 1.29 is 0 Å². The van der Waals surface area contributed by atoms with Crippen molar-refractivity contribution in [2.75, 3.05) is 0 Å². The predicted molar refractivity (Wildman–Crippen MR) is 104 cm³/mol. The van der Waals surface area contributed by atoms with Crippen LogP contribution in [0.3, 0.4) is 0 Å². The van der Waals surface area contributed by atoms with Crippen molar-refractivity contribution in [1.29, 1.82) is 0 Å². The van der Waals surface area contributed by atoms with Gasteiger partial charge in [-0.3, -0.25) is 10.6 Å². The molecular weight excluding hydrogens is 304 g/mol. The van der Waals surface area contributed by atoms with Crippen LogP contribution in [0.25, 0.3) is 0 Å². The molecule has 2 N–H and O–H groups in total.